The zero-order valence-electron chi connectivity index (χ0n) is 13.1. The van der Waals surface area contributed by atoms with Crippen LogP contribution in [0.4, 0.5) is 4.39 Å². The quantitative estimate of drug-likeness (QED) is 0.620. The number of hydrogen-bond donors (Lipinski definition) is 1. The Morgan fingerprint density at radius 3 is 2.83 bits per heavy atom. The Bertz CT molecular complexity index is 798. The second-order valence-corrected chi connectivity index (χ2v) is 5.81. The third-order valence-corrected chi connectivity index (χ3v) is 3.68. The molecule has 0 spiro atoms. The van der Waals surface area contributed by atoms with Crippen LogP contribution in [0.1, 0.15) is 27.4 Å². The zero-order valence-corrected chi connectivity index (χ0v) is 14.6. The molecule has 0 saturated carbocycles. The highest BCUT2D eigenvalue weighted by molar-refractivity contribution is 9.10. The highest BCUT2D eigenvalue weighted by Gasteiger charge is 2.15. The summed E-state index contributed by atoms with van der Waals surface area (Å²) in [5, 5.41) is 2.59. The van der Waals surface area contributed by atoms with E-state index in [1.165, 1.54) is 31.4 Å². The summed E-state index contributed by atoms with van der Waals surface area (Å²) in [5.74, 6) is -0.505. The average molecular weight is 396 g/mol. The fraction of sp³-hybridized carbons (Fsp3) is 0.176. The normalized spacial score (nSPS) is 10.8. The summed E-state index contributed by atoms with van der Waals surface area (Å²) in [6.07, 6.45) is 2.60. The number of carbonyl (C=O) groups is 2. The minimum absolute atomic E-state index is 0.0992. The van der Waals surface area contributed by atoms with Crippen molar-refractivity contribution >= 4 is 33.9 Å². The molecule has 1 aromatic carbocycles. The van der Waals surface area contributed by atoms with Gasteiger partial charge in [-0.15, -0.1) is 0 Å². The lowest BCUT2D eigenvalue weighted by Gasteiger charge is -2.00. The molecule has 0 unspecified atom stereocenters. The van der Waals surface area contributed by atoms with E-state index in [2.05, 4.69) is 26.0 Å². The molecule has 5 nitrogen and oxygen atoms in total. The van der Waals surface area contributed by atoms with Crippen LogP contribution in [-0.2, 0) is 16.1 Å². The van der Waals surface area contributed by atoms with Gasteiger partial charge in [0.05, 0.1) is 13.7 Å². The van der Waals surface area contributed by atoms with Crippen LogP contribution in [0.15, 0.2) is 39.2 Å². The Kier molecular flexibility index (Phi) is 5.92. The summed E-state index contributed by atoms with van der Waals surface area (Å²) in [6.45, 7) is 1.73. The van der Waals surface area contributed by atoms with Gasteiger partial charge in [0, 0.05) is 16.1 Å². The van der Waals surface area contributed by atoms with Crippen molar-refractivity contribution in [2.24, 2.45) is 0 Å². The van der Waals surface area contributed by atoms with E-state index in [1.807, 2.05) is 0 Å². The van der Waals surface area contributed by atoms with Gasteiger partial charge in [-0.3, -0.25) is 4.79 Å². The van der Waals surface area contributed by atoms with Crippen molar-refractivity contribution < 1.29 is 23.1 Å². The van der Waals surface area contributed by atoms with E-state index in [0.717, 1.165) is 0 Å². The number of carbonyl (C=O) groups excluding carboxylic acids is 2. The van der Waals surface area contributed by atoms with Gasteiger partial charge in [-0.25, -0.2) is 9.18 Å². The molecule has 0 aliphatic carbocycles. The number of ether oxygens (including phenoxy) is 1. The number of methoxy groups -OCH3 is 1. The van der Waals surface area contributed by atoms with Gasteiger partial charge < -0.3 is 14.5 Å². The van der Waals surface area contributed by atoms with E-state index in [1.54, 1.807) is 19.1 Å². The first-order chi connectivity index (χ1) is 11.4. The molecule has 0 atom stereocenters. The molecule has 0 aliphatic heterocycles. The lowest BCUT2D eigenvalue weighted by atomic mass is 10.2. The first-order valence-corrected chi connectivity index (χ1v) is 7.78. The van der Waals surface area contributed by atoms with Crippen molar-refractivity contribution in [3.63, 3.8) is 0 Å². The van der Waals surface area contributed by atoms with Gasteiger partial charge in [0.1, 0.15) is 22.9 Å². The Morgan fingerprint density at radius 1 is 1.38 bits per heavy atom. The minimum atomic E-state index is -0.501. The summed E-state index contributed by atoms with van der Waals surface area (Å²) in [4.78, 5) is 23.3. The molecule has 0 fully saturated rings. The van der Waals surface area contributed by atoms with Gasteiger partial charge in [-0.2, -0.15) is 0 Å². The molecule has 0 bridgehead atoms. The summed E-state index contributed by atoms with van der Waals surface area (Å²) in [6, 6.07) is 5.96. The molecule has 1 N–H and O–H groups in total. The summed E-state index contributed by atoms with van der Waals surface area (Å²) in [7, 11) is 1.28. The van der Waals surface area contributed by atoms with E-state index < -0.39 is 17.7 Å². The summed E-state index contributed by atoms with van der Waals surface area (Å²) < 4.78 is 24.3. The summed E-state index contributed by atoms with van der Waals surface area (Å²) in [5.41, 5.74) is 0.606. The summed E-state index contributed by atoms with van der Waals surface area (Å²) >= 11 is 3.24. The Labute approximate surface area is 146 Å². The number of benzene rings is 1. The van der Waals surface area contributed by atoms with Gasteiger partial charge in [0.15, 0.2) is 0 Å². The number of rotatable bonds is 5. The predicted octanol–water partition coefficient (Wildman–Crippen LogP) is 3.61. The lowest BCUT2D eigenvalue weighted by Crippen LogP contribution is -2.19. The number of halogens is 2. The van der Waals surface area contributed by atoms with Crippen LogP contribution in [0.3, 0.4) is 0 Å². The number of esters is 1. The largest absolute Gasteiger partial charge is 0.465 e. The third kappa shape index (κ3) is 4.55. The van der Waals surface area contributed by atoms with E-state index >= 15 is 0 Å². The first kappa shape index (κ1) is 17.9. The monoisotopic (exact) mass is 395 g/mol. The van der Waals surface area contributed by atoms with Gasteiger partial charge in [0.25, 0.3) is 0 Å². The number of furan rings is 1. The lowest BCUT2D eigenvalue weighted by molar-refractivity contribution is -0.116. The molecule has 2 aromatic rings. The van der Waals surface area contributed by atoms with Crippen molar-refractivity contribution in [2.75, 3.05) is 7.11 Å². The van der Waals surface area contributed by atoms with Gasteiger partial charge >= 0.3 is 5.97 Å². The van der Waals surface area contributed by atoms with E-state index in [-0.39, 0.29) is 6.54 Å². The molecule has 1 heterocycles. The molecule has 126 valence electrons. The number of nitrogens with one attached hydrogen (secondary N) is 1. The fourth-order valence-corrected chi connectivity index (χ4v) is 2.36. The van der Waals surface area contributed by atoms with Crippen molar-refractivity contribution in [2.45, 2.75) is 13.5 Å². The van der Waals surface area contributed by atoms with E-state index in [9.17, 15) is 14.0 Å². The molecule has 0 aliphatic rings. The first-order valence-electron chi connectivity index (χ1n) is 6.99. The Hall–Kier alpha value is -2.41. The third-order valence-electron chi connectivity index (χ3n) is 3.18. The molecule has 24 heavy (non-hydrogen) atoms. The highest BCUT2D eigenvalue weighted by Crippen LogP contribution is 2.17. The molecular formula is C17H15BrFNO4. The van der Waals surface area contributed by atoms with Crippen LogP contribution >= 0.6 is 15.9 Å². The van der Waals surface area contributed by atoms with Crippen LogP contribution in [0.25, 0.3) is 6.08 Å². The van der Waals surface area contributed by atoms with Gasteiger partial charge in [-0.05, 0) is 37.3 Å². The maximum absolute atomic E-state index is 13.6. The highest BCUT2D eigenvalue weighted by atomic mass is 79.9. The van der Waals surface area contributed by atoms with Crippen LogP contribution < -0.4 is 5.32 Å². The second kappa shape index (κ2) is 7.92. The van der Waals surface area contributed by atoms with Crippen molar-refractivity contribution in [1.82, 2.24) is 5.32 Å². The number of hydrogen-bond acceptors (Lipinski definition) is 4. The SMILES string of the molecule is COC(=O)c1cc(CNC(=O)C=Cc2cc(Br)ccc2F)oc1C. The molecular weight excluding hydrogens is 381 g/mol. The van der Waals surface area contributed by atoms with Crippen molar-refractivity contribution in [3.8, 4) is 0 Å². The van der Waals surface area contributed by atoms with Crippen molar-refractivity contribution in [3.05, 3.63) is 63.3 Å². The average Bonchev–Trinajstić information content (AvgIpc) is 2.94. The van der Waals surface area contributed by atoms with Gasteiger partial charge in [-0.1, -0.05) is 15.9 Å². The maximum Gasteiger partial charge on any atom is 0.341 e. The fourth-order valence-electron chi connectivity index (χ4n) is 1.98. The number of aryl methyl sites for hydroxylation is 1. The molecule has 0 radical (unpaired) electrons. The topological polar surface area (TPSA) is 68.5 Å². The minimum Gasteiger partial charge on any atom is -0.465 e. The van der Waals surface area contributed by atoms with Crippen LogP contribution in [-0.4, -0.2) is 19.0 Å². The standard InChI is InChI=1S/C17H15BrFNO4/c1-10-14(17(22)23-2)8-13(24-10)9-20-16(21)6-3-11-7-12(18)4-5-15(11)19/h3-8H,9H2,1-2H3,(H,20,21). The maximum atomic E-state index is 13.6. The zero-order chi connectivity index (χ0) is 17.7. The second-order valence-electron chi connectivity index (χ2n) is 4.89. The molecule has 1 amide bonds. The van der Waals surface area contributed by atoms with Crippen LogP contribution in [0, 0.1) is 12.7 Å². The Balaban J connectivity index is 1.97. The van der Waals surface area contributed by atoms with E-state index in [4.69, 9.17) is 4.42 Å². The smallest absolute Gasteiger partial charge is 0.341 e. The van der Waals surface area contributed by atoms with Gasteiger partial charge in [0.2, 0.25) is 5.91 Å². The van der Waals surface area contributed by atoms with Crippen LogP contribution in [0.5, 0.6) is 0 Å². The molecule has 1 aromatic heterocycles. The molecule has 7 heteroatoms. The van der Waals surface area contributed by atoms with E-state index in [0.29, 0.717) is 27.1 Å². The van der Waals surface area contributed by atoms with Crippen LogP contribution in [0.2, 0.25) is 0 Å². The van der Waals surface area contributed by atoms with Crippen molar-refractivity contribution in [1.29, 1.82) is 0 Å². The predicted molar refractivity (Wildman–Crippen MR) is 89.8 cm³/mol. The Morgan fingerprint density at radius 2 is 2.12 bits per heavy atom. The number of amides is 1. The molecule has 2 rings (SSSR count). The molecule has 0 saturated heterocycles.